The molecule has 27 heavy (non-hydrogen) atoms. The lowest BCUT2D eigenvalue weighted by Crippen LogP contribution is -2.47. The van der Waals surface area contributed by atoms with E-state index in [2.05, 4.69) is 10.9 Å². The molecular weight excluding hydrogens is 355 g/mol. The summed E-state index contributed by atoms with van der Waals surface area (Å²) in [5.41, 5.74) is 4.55. The highest BCUT2D eigenvalue weighted by Crippen LogP contribution is 2.25. The van der Waals surface area contributed by atoms with Gasteiger partial charge in [-0.15, -0.1) is 0 Å². The zero-order valence-corrected chi connectivity index (χ0v) is 15.0. The van der Waals surface area contributed by atoms with Crippen LogP contribution in [0.4, 0.5) is 4.39 Å². The van der Waals surface area contributed by atoms with Crippen molar-refractivity contribution in [1.82, 2.24) is 10.9 Å². The number of benzene rings is 2. The van der Waals surface area contributed by atoms with Gasteiger partial charge < -0.3 is 14.2 Å². The van der Waals surface area contributed by atoms with Gasteiger partial charge in [0.2, 0.25) is 5.91 Å². The Morgan fingerprint density at radius 2 is 1.70 bits per heavy atom. The third-order valence-corrected chi connectivity index (χ3v) is 3.48. The fourth-order valence-electron chi connectivity index (χ4n) is 2.06. The summed E-state index contributed by atoms with van der Waals surface area (Å²) in [6, 6.07) is 12.3. The molecule has 0 spiro atoms. The van der Waals surface area contributed by atoms with E-state index in [1.807, 2.05) is 6.07 Å². The Morgan fingerprint density at radius 1 is 1.04 bits per heavy atom. The van der Waals surface area contributed by atoms with Gasteiger partial charge in [0.05, 0.1) is 20.1 Å². The Hall–Kier alpha value is -3.29. The van der Waals surface area contributed by atoms with Crippen LogP contribution in [0, 0.1) is 5.82 Å². The lowest BCUT2D eigenvalue weighted by atomic mass is 10.3. The van der Waals surface area contributed by atoms with E-state index in [0.29, 0.717) is 17.2 Å². The molecule has 0 saturated heterocycles. The van der Waals surface area contributed by atoms with Crippen LogP contribution in [0.2, 0.25) is 0 Å². The number of halogens is 1. The van der Waals surface area contributed by atoms with E-state index in [0.717, 1.165) is 0 Å². The second-order valence-electron chi connectivity index (χ2n) is 5.50. The Kier molecular flexibility index (Phi) is 7.42. The lowest BCUT2D eigenvalue weighted by Gasteiger charge is -2.15. The third-order valence-electron chi connectivity index (χ3n) is 3.48. The lowest BCUT2D eigenvalue weighted by molar-refractivity contribution is -0.132. The smallest absolute Gasteiger partial charge is 0.279 e. The number of carbonyl (C=O) groups excluding carboxylic acids is 2. The van der Waals surface area contributed by atoms with Crippen molar-refractivity contribution in [2.75, 3.05) is 13.7 Å². The van der Waals surface area contributed by atoms with Crippen LogP contribution >= 0.6 is 0 Å². The summed E-state index contributed by atoms with van der Waals surface area (Å²) in [6.45, 7) is 1.62. The van der Waals surface area contributed by atoms with Crippen molar-refractivity contribution in [3.05, 3.63) is 54.3 Å². The molecule has 0 heterocycles. The van der Waals surface area contributed by atoms with Gasteiger partial charge in [-0.05, 0) is 43.3 Å². The number of para-hydroxylation sites is 2. The SMILES string of the molecule is COc1ccccc1OCCC(=O)NNC(=O)C(C)Oc1ccc(F)cc1. The molecule has 144 valence electrons. The molecule has 7 nitrogen and oxygen atoms in total. The summed E-state index contributed by atoms with van der Waals surface area (Å²) in [4.78, 5) is 23.7. The number of hydrazine groups is 1. The second kappa shape index (κ2) is 10.0. The third kappa shape index (κ3) is 6.50. The quantitative estimate of drug-likeness (QED) is 0.690. The van der Waals surface area contributed by atoms with E-state index >= 15 is 0 Å². The molecule has 2 aromatic carbocycles. The molecule has 2 aromatic rings. The Balaban J connectivity index is 1.69. The van der Waals surface area contributed by atoms with Crippen molar-refractivity contribution >= 4 is 11.8 Å². The van der Waals surface area contributed by atoms with Crippen molar-refractivity contribution < 1.29 is 28.2 Å². The van der Waals surface area contributed by atoms with Crippen molar-refractivity contribution in [2.24, 2.45) is 0 Å². The number of carbonyl (C=O) groups is 2. The predicted molar refractivity (Wildman–Crippen MR) is 95.9 cm³/mol. The monoisotopic (exact) mass is 376 g/mol. The zero-order chi connectivity index (χ0) is 19.6. The van der Waals surface area contributed by atoms with Crippen LogP contribution in [-0.4, -0.2) is 31.6 Å². The van der Waals surface area contributed by atoms with Gasteiger partial charge in [-0.1, -0.05) is 12.1 Å². The summed E-state index contributed by atoms with van der Waals surface area (Å²) >= 11 is 0. The number of amides is 2. The molecule has 8 heteroatoms. The maximum absolute atomic E-state index is 12.8. The predicted octanol–water partition coefficient (Wildman–Crippen LogP) is 2.22. The van der Waals surface area contributed by atoms with Crippen molar-refractivity contribution in [2.45, 2.75) is 19.4 Å². The van der Waals surface area contributed by atoms with Gasteiger partial charge in [0, 0.05) is 0 Å². The molecule has 0 radical (unpaired) electrons. The Morgan fingerprint density at radius 3 is 2.37 bits per heavy atom. The first-order chi connectivity index (χ1) is 13.0. The number of hydrogen-bond donors (Lipinski definition) is 2. The summed E-state index contributed by atoms with van der Waals surface area (Å²) in [5, 5.41) is 0. The fourth-order valence-corrected chi connectivity index (χ4v) is 2.06. The highest BCUT2D eigenvalue weighted by Gasteiger charge is 2.15. The Bertz CT molecular complexity index is 767. The number of rotatable bonds is 8. The average Bonchev–Trinajstić information content (AvgIpc) is 2.68. The second-order valence-corrected chi connectivity index (χ2v) is 5.50. The normalized spacial score (nSPS) is 11.2. The number of hydrogen-bond acceptors (Lipinski definition) is 5. The number of methoxy groups -OCH3 is 1. The van der Waals surface area contributed by atoms with Gasteiger partial charge in [-0.3, -0.25) is 20.4 Å². The van der Waals surface area contributed by atoms with E-state index in [1.165, 1.54) is 38.3 Å². The molecule has 0 bridgehead atoms. The van der Waals surface area contributed by atoms with E-state index in [1.54, 1.807) is 18.2 Å². The molecule has 2 N–H and O–H groups in total. The first kappa shape index (κ1) is 20.0. The van der Waals surface area contributed by atoms with Gasteiger partial charge in [-0.25, -0.2) is 4.39 Å². The zero-order valence-electron chi connectivity index (χ0n) is 15.0. The van der Waals surface area contributed by atoms with Crippen LogP contribution in [0.5, 0.6) is 17.2 Å². The van der Waals surface area contributed by atoms with Crippen molar-refractivity contribution in [3.8, 4) is 17.2 Å². The summed E-state index contributed by atoms with van der Waals surface area (Å²) < 4.78 is 28.8. The minimum atomic E-state index is -0.874. The largest absolute Gasteiger partial charge is 0.493 e. The van der Waals surface area contributed by atoms with E-state index in [-0.39, 0.29) is 13.0 Å². The molecular formula is C19H21FN2O5. The van der Waals surface area contributed by atoms with Crippen LogP contribution in [0.3, 0.4) is 0 Å². The van der Waals surface area contributed by atoms with Gasteiger partial charge in [0.25, 0.3) is 5.91 Å². The molecule has 1 unspecified atom stereocenters. The maximum atomic E-state index is 12.8. The fraction of sp³-hybridized carbons (Fsp3) is 0.263. The summed E-state index contributed by atoms with van der Waals surface area (Å²) in [5.74, 6) is 0.0688. The molecule has 0 saturated carbocycles. The van der Waals surface area contributed by atoms with Crippen LogP contribution in [0.15, 0.2) is 48.5 Å². The molecule has 0 aromatic heterocycles. The van der Waals surface area contributed by atoms with E-state index in [4.69, 9.17) is 14.2 Å². The van der Waals surface area contributed by atoms with Crippen molar-refractivity contribution in [3.63, 3.8) is 0 Å². The summed E-state index contributed by atoms with van der Waals surface area (Å²) in [7, 11) is 1.53. The van der Waals surface area contributed by atoms with Crippen LogP contribution < -0.4 is 25.1 Å². The standard InChI is InChI=1S/C19H21FN2O5/c1-13(27-15-9-7-14(20)8-10-15)19(24)22-21-18(23)11-12-26-17-6-4-3-5-16(17)25-2/h3-10,13H,11-12H2,1-2H3,(H,21,23)(H,22,24). The highest BCUT2D eigenvalue weighted by atomic mass is 19.1. The van der Waals surface area contributed by atoms with Gasteiger partial charge in [0.15, 0.2) is 17.6 Å². The molecule has 0 aliphatic heterocycles. The highest BCUT2D eigenvalue weighted by molar-refractivity contribution is 5.84. The Labute approximate surface area is 156 Å². The van der Waals surface area contributed by atoms with Crippen LogP contribution in [-0.2, 0) is 9.59 Å². The number of nitrogens with one attached hydrogen (secondary N) is 2. The first-order valence-electron chi connectivity index (χ1n) is 8.26. The topological polar surface area (TPSA) is 85.9 Å². The molecule has 0 fully saturated rings. The van der Waals surface area contributed by atoms with E-state index < -0.39 is 23.7 Å². The van der Waals surface area contributed by atoms with Gasteiger partial charge in [0.1, 0.15) is 11.6 Å². The van der Waals surface area contributed by atoms with Gasteiger partial charge in [-0.2, -0.15) is 0 Å². The molecule has 2 rings (SSSR count). The molecule has 0 aliphatic carbocycles. The summed E-state index contributed by atoms with van der Waals surface area (Å²) in [6.07, 6.45) is -0.841. The van der Waals surface area contributed by atoms with E-state index in [9.17, 15) is 14.0 Å². The van der Waals surface area contributed by atoms with Gasteiger partial charge >= 0.3 is 0 Å². The molecule has 0 aliphatic rings. The minimum Gasteiger partial charge on any atom is -0.493 e. The van der Waals surface area contributed by atoms with Crippen LogP contribution in [0.1, 0.15) is 13.3 Å². The maximum Gasteiger partial charge on any atom is 0.279 e. The minimum absolute atomic E-state index is 0.0333. The molecule has 2 amide bonds. The van der Waals surface area contributed by atoms with Crippen molar-refractivity contribution in [1.29, 1.82) is 0 Å². The molecule has 1 atom stereocenters. The average molecular weight is 376 g/mol. The van der Waals surface area contributed by atoms with Crippen LogP contribution in [0.25, 0.3) is 0 Å². The number of ether oxygens (including phenoxy) is 3. The first-order valence-corrected chi connectivity index (χ1v) is 8.26.